The summed E-state index contributed by atoms with van der Waals surface area (Å²) in [5.74, 6) is 0.402. The fraction of sp³-hybridized carbons (Fsp3) is 0.760. The molecule has 0 spiro atoms. The number of hydrogen-bond acceptors (Lipinski definition) is 5. The molecule has 1 aromatic rings. The van der Waals surface area contributed by atoms with Gasteiger partial charge in [0.2, 0.25) is 0 Å². The third-order valence-electron chi connectivity index (χ3n) is 6.30. The average Bonchev–Trinajstić information content (AvgIpc) is 2.76. The zero-order valence-electron chi connectivity index (χ0n) is 21.6. The van der Waals surface area contributed by atoms with Crippen LogP contribution in [0.1, 0.15) is 78.2 Å². The topological polar surface area (TPSA) is 57.7 Å². The molecule has 0 radical (unpaired) electrons. The number of ether oxygens (including phenoxy) is 1. The maximum absolute atomic E-state index is 12.3. The first-order valence-electron chi connectivity index (χ1n) is 12.4. The predicted octanol–water partition coefficient (Wildman–Crippen LogP) is 4.82. The van der Waals surface area contributed by atoms with Crippen molar-refractivity contribution < 1.29 is 18.4 Å². The molecule has 184 valence electrons. The monoisotopic (exact) mass is 481 g/mol. The number of rotatable bonds is 17. The lowest BCUT2D eigenvalue weighted by atomic mass is 9.78. The number of carbonyl (C=O) groups excluding carboxylic acids is 1. The highest BCUT2D eigenvalue weighted by atomic mass is 28.2. The zero-order chi connectivity index (χ0) is 24.0. The summed E-state index contributed by atoms with van der Waals surface area (Å²) in [5.41, 5.74) is 0.884. The largest absolute Gasteiger partial charge is 0.469 e. The van der Waals surface area contributed by atoms with E-state index in [1.165, 1.54) is 12.7 Å². The lowest BCUT2D eigenvalue weighted by molar-refractivity contribution is -0.151. The van der Waals surface area contributed by atoms with Crippen LogP contribution in [0.2, 0.25) is 13.1 Å². The standard InChI is InChI=1S/C25H47NO4Si2/c1-24(2,23(29-31-6)30-32-7)16-9-8-12-20(18-25(3,4)22(27)28-5)13-10-14-21-15-11-17-26-19-21/h11,15,17,19-20,23H,8-10,12-14,16,18,31-32H2,1-7H3. The Morgan fingerprint density at radius 2 is 1.72 bits per heavy atom. The number of aromatic nitrogens is 1. The van der Waals surface area contributed by atoms with Gasteiger partial charge < -0.3 is 13.6 Å². The minimum atomic E-state index is -0.488. The maximum atomic E-state index is 12.3. The minimum absolute atomic E-state index is 0.0376. The van der Waals surface area contributed by atoms with Gasteiger partial charge in [-0.15, -0.1) is 0 Å². The smallest absolute Gasteiger partial charge is 0.311 e. The minimum Gasteiger partial charge on any atom is -0.469 e. The Bertz CT molecular complexity index is 634. The van der Waals surface area contributed by atoms with Crippen molar-refractivity contribution in [1.82, 2.24) is 4.98 Å². The molecule has 0 bridgehead atoms. The van der Waals surface area contributed by atoms with Crippen molar-refractivity contribution in [2.75, 3.05) is 7.11 Å². The van der Waals surface area contributed by atoms with Crippen molar-refractivity contribution in [3.8, 4) is 0 Å². The van der Waals surface area contributed by atoms with E-state index in [1.54, 1.807) is 0 Å². The molecule has 0 saturated carbocycles. The van der Waals surface area contributed by atoms with E-state index in [1.807, 2.05) is 32.3 Å². The summed E-state index contributed by atoms with van der Waals surface area (Å²) in [6.45, 7) is 12.9. The Hall–Kier alpha value is -1.03. The van der Waals surface area contributed by atoms with Gasteiger partial charge >= 0.3 is 5.97 Å². The van der Waals surface area contributed by atoms with E-state index >= 15 is 0 Å². The molecule has 32 heavy (non-hydrogen) atoms. The quantitative estimate of drug-likeness (QED) is 0.138. The number of esters is 1. The summed E-state index contributed by atoms with van der Waals surface area (Å²) in [5, 5.41) is 0. The van der Waals surface area contributed by atoms with Crippen molar-refractivity contribution >= 4 is 25.5 Å². The first-order chi connectivity index (χ1) is 15.2. The number of aryl methyl sites for hydroxylation is 1. The van der Waals surface area contributed by atoms with Gasteiger partial charge in [-0.25, -0.2) is 0 Å². The van der Waals surface area contributed by atoms with Crippen LogP contribution in [-0.2, 0) is 24.8 Å². The summed E-state index contributed by atoms with van der Waals surface area (Å²) in [6.07, 6.45) is 12.4. The van der Waals surface area contributed by atoms with Gasteiger partial charge in [0, 0.05) is 17.8 Å². The summed E-state index contributed by atoms with van der Waals surface area (Å²) in [4.78, 5) is 16.5. The van der Waals surface area contributed by atoms with E-state index in [4.69, 9.17) is 13.6 Å². The van der Waals surface area contributed by atoms with Crippen LogP contribution in [0, 0.1) is 16.7 Å². The second-order valence-electron chi connectivity index (χ2n) is 10.2. The Labute approximate surface area is 201 Å². The fourth-order valence-corrected chi connectivity index (χ4v) is 6.40. The van der Waals surface area contributed by atoms with Crippen LogP contribution in [0.5, 0.6) is 0 Å². The number of pyridine rings is 1. The Balaban J connectivity index is 2.62. The Kier molecular flexibility index (Phi) is 13.6. The van der Waals surface area contributed by atoms with Crippen LogP contribution < -0.4 is 0 Å². The van der Waals surface area contributed by atoms with Gasteiger partial charge in [-0.1, -0.05) is 58.7 Å². The lowest BCUT2D eigenvalue weighted by Crippen LogP contribution is -2.36. The maximum Gasteiger partial charge on any atom is 0.311 e. The molecule has 0 aliphatic rings. The third-order valence-corrected chi connectivity index (χ3v) is 7.57. The van der Waals surface area contributed by atoms with Gasteiger partial charge in [-0.3, -0.25) is 9.78 Å². The molecule has 0 amide bonds. The average molecular weight is 482 g/mol. The van der Waals surface area contributed by atoms with Crippen LogP contribution in [0.25, 0.3) is 0 Å². The summed E-state index contributed by atoms with van der Waals surface area (Å²) in [6, 6.07) is 4.14. The van der Waals surface area contributed by atoms with E-state index in [0.29, 0.717) is 5.92 Å². The summed E-state index contributed by atoms with van der Waals surface area (Å²) >= 11 is 0. The molecule has 0 fully saturated rings. The third kappa shape index (κ3) is 10.7. The highest BCUT2D eigenvalue weighted by Crippen LogP contribution is 2.35. The van der Waals surface area contributed by atoms with E-state index < -0.39 is 24.9 Å². The highest BCUT2D eigenvalue weighted by Gasteiger charge is 2.32. The first-order valence-corrected chi connectivity index (χ1v) is 16.3. The molecule has 1 rings (SSSR count). The van der Waals surface area contributed by atoms with Gasteiger partial charge in [-0.2, -0.15) is 0 Å². The molecule has 1 atom stereocenters. The van der Waals surface area contributed by atoms with Gasteiger partial charge in [0.25, 0.3) is 0 Å². The molecule has 7 heteroatoms. The summed E-state index contributed by atoms with van der Waals surface area (Å²) < 4.78 is 17.1. The van der Waals surface area contributed by atoms with E-state index in [0.717, 1.165) is 51.4 Å². The van der Waals surface area contributed by atoms with Crippen LogP contribution >= 0.6 is 0 Å². The molecule has 0 aliphatic carbocycles. The normalized spacial score (nSPS) is 15.0. The van der Waals surface area contributed by atoms with Gasteiger partial charge in [0.05, 0.1) is 12.5 Å². The van der Waals surface area contributed by atoms with Crippen LogP contribution in [0.15, 0.2) is 24.5 Å². The number of hydrogen-bond donors (Lipinski definition) is 0. The van der Waals surface area contributed by atoms with Gasteiger partial charge in [0.1, 0.15) is 6.29 Å². The second-order valence-corrected chi connectivity index (χ2v) is 12.0. The number of nitrogens with zero attached hydrogens (tertiary/aromatic N) is 1. The van der Waals surface area contributed by atoms with Crippen LogP contribution in [0.4, 0.5) is 0 Å². The predicted molar refractivity (Wildman–Crippen MR) is 138 cm³/mol. The molecular weight excluding hydrogens is 434 g/mol. The molecule has 1 unspecified atom stereocenters. The molecule has 5 nitrogen and oxygen atoms in total. The first kappa shape index (κ1) is 29.0. The molecule has 1 aromatic heterocycles. The number of unbranched alkanes of at least 4 members (excludes halogenated alkanes) is 1. The van der Waals surface area contributed by atoms with Crippen molar-refractivity contribution in [3.05, 3.63) is 30.1 Å². The molecular formula is C25H47NO4Si2. The highest BCUT2D eigenvalue weighted by molar-refractivity contribution is 6.26. The molecule has 0 N–H and O–H groups in total. The molecule has 0 aromatic carbocycles. The fourth-order valence-electron chi connectivity index (χ4n) is 4.50. The van der Waals surface area contributed by atoms with Gasteiger partial charge in [0.15, 0.2) is 19.5 Å². The summed E-state index contributed by atoms with van der Waals surface area (Å²) in [7, 11) is 0.513. The van der Waals surface area contributed by atoms with E-state index in [9.17, 15) is 4.79 Å². The van der Waals surface area contributed by atoms with Crippen LogP contribution in [0.3, 0.4) is 0 Å². The van der Waals surface area contributed by atoms with Crippen molar-refractivity contribution in [3.63, 3.8) is 0 Å². The van der Waals surface area contributed by atoms with Crippen molar-refractivity contribution in [1.29, 1.82) is 0 Å². The van der Waals surface area contributed by atoms with Crippen molar-refractivity contribution in [2.24, 2.45) is 16.7 Å². The van der Waals surface area contributed by atoms with Crippen molar-refractivity contribution in [2.45, 2.75) is 98.4 Å². The molecule has 1 heterocycles. The van der Waals surface area contributed by atoms with E-state index in [2.05, 4.69) is 38.0 Å². The zero-order valence-corrected chi connectivity index (χ0v) is 24.4. The Morgan fingerprint density at radius 1 is 1.06 bits per heavy atom. The molecule has 0 aliphatic heterocycles. The number of methoxy groups -OCH3 is 1. The molecule has 0 saturated heterocycles. The lowest BCUT2D eigenvalue weighted by Gasteiger charge is -2.34. The second kappa shape index (κ2) is 15.0. The number of carbonyl (C=O) groups is 1. The van der Waals surface area contributed by atoms with E-state index in [-0.39, 0.29) is 17.7 Å². The van der Waals surface area contributed by atoms with Gasteiger partial charge in [-0.05, 0) is 57.1 Å². The Morgan fingerprint density at radius 3 is 2.28 bits per heavy atom. The SMILES string of the molecule is COC(=O)C(C)(C)CC(CCCCC(C)(C)C(O[SiH2]C)O[SiH2]C)CCCc1cccnc1. The van der Waals surface area contributed by atoms with Crippen LogP contribution in [-0.4, -0.2) is 43.9 Å².